The van der Waals surface area contributed by atoms with E-state index in [9.17, 15) is 13.6 Å². The molecular weight excluding hydrogens is 296 g/mol. The largest absolute Gasteiger partial charge is 0.349 e. The van der Waals surface area contributed by atoms with Crippen LogP contribution in [0.2, 0.25) is 0 Å². The maximum atomic E-state index is 12.6. The Labute approximate surface area is 136 Å². The van der Waals surface area contributed by atoms with Crippen LogP contribution >= 0.6 is 0 Å². The molecule has 0 heterocycles. The van der Waals surface area contributed by atoms with Gasteiger partial charge in [-0.2, -0.15) is 0 Å². The topological polar surface area (TPSA) is 29.1 Å². The number of carbonyl (C=O) groups excluding carboxylic acids is 1. The highest BCUT2D eigenvalue weighted by Crippen LogP contribution is 2.23. The van der Waals surface area contributed by atoms with Crippen molar-refractivity contribution in [1.82, 2.24) is 5.32 Å². The standard InChI is InChI=1S/C19H23F2NO/c1-13(18(20)21)14(2)22-19(23)17-11-9-16(10-12-17)8-7-15-5-3-4-6-15/h9-15,18H,3-6H2,1-2H3,(H,22,23). The molecule has 0 aliphatic heterocycles. The summed E-state index contributed by atoms with van der Waals surface area (Å²) in [6.07, 6.45) is 2.42. The third kappa shape index (κ3) is 5.06. The van der Waals surface area contributed by atoms with Crippen LogP contribution in [0, 0.1) is 23.7 Å². The molecule has 2 atom stereocenters. The van der Waals surface area contributed by atoms with Crippen LogP contribution in [-0.4, -0.2) is 18.4 Å². The average Bonchev–Trinajstić information content (AvgIpc) is 3.05. The summed E-state index contributed by atoms with van der Waals surface area (Å²) in [6, 6.07) is 6.40. The number of hydrogen-bond donors (Lipinski definition) is 1. The van der Waals surface area contributed by atoms with E-state index < -0.39 is 18.4 Å². The summed E-state index contributed by atoms with van der Waals surface area (Å²) in [4.78, 5) is 12.1. The SMILES string of the molecule is CC(NC(=O)c1ccc(C#CC2CCCC2)cc1)C(C)C(F)F. The number of hydrogen-bond acceptors (Lipinski definition) is 1. The van der Waals surface area contributed by atoms with E-state index in [0.717, 1.165) is 5.56 Å². The Balaban J connectivity index is 1.94. The van der Waals surface area contributed by atoms with Crippen molar-refractivity contribution in [2.24, 2.45) is 11.8 Å². The third-order valence-electron chi connectivity index (χ3n) is 4.47. The van der Waals surface area contributed by atoms with Gasteiger partial charge in [0.1, 0.15) is 0 Å². The van der Waals surface area contributed by atoms with E-state index in [4.69, 9.17) is 0 Å². The van der Waals surface area contributed by atoms with Crippen molar-refractivity contribution in [2.75, 3.05) is 0 Å². The van der Waals surface area contributed by atoms with Gasteiger partial charge in [0.05, 0.1) is 0 Å². The molecule has 0 radical (unpaired) electrons. The van der Waals surface area contributed by atoms with Crippen LogP contribution in [0.1, 0.15) is 55.5 Å². The minimum Gasteiger partial charge on any atom is -0.349 e. The number of benzene rings is 1. The summed E-state index contributed by atoms with van der Waals surface area (Å²) in [6.45, 7) is 3.02. The minimum atomic E-state index is -2.45. The molecule has 124 valence electrons. The smallest absolute Gasteiger partial charge is 0.251 e. The van der Waals surface area contributed by atoms with Gasteiger partial charge in [-0.25, -0.2) is 8.78 Å². The fourth-order valence-electron chi connectivity index (χ4n) is 2.60. The molecule has 2 nitrogen and oxygen atoms in total. The molecule has 23 heavy (non-hydrogen) atoms. The normalized spacial score (nSPS) is 17.4. The summed E-state index contributed by atoms with van der Waals surface area (Å²) in [5.74, 6) is 5.70. The van der Waals surface area contributed by atoms with Gasteiger partial charge in [0.2, 0.25) is 6.43 Å². The van der Waals surface area contributed by atoms with Gasteiger partial charge in [0, 0.05) is 29.0 Å². The zero-order chi connectivity index (χ0) is 16.8. The Morgan fingerprint density at radius 1 is 1.17 bits per heavy atom. The number of carbonyl (C=O) groups is 1. The quantitative estimate of drug-likeness (QED) is 0.826. The average molecular weight is 319 g/mol. The Kier molecular flexibility index (Phi) is 6.15. The van der Waals surface area contributed by atoms with Crippen molar-refractivity contribution in [3.05, 3.63) is 35.4 Å². The Morgan fingerprint density at radius 2 is 1.78 bits per heavy atom. The molecule has 2 rings (SSSR count). The molecule has 0 saturated heterocycles. The number of alkyl halides is 2. The molecule has 1 aromatic rings. The van der Waals surface area contributed by atoms with Crippen molar-refractivity contribution in [1.29, 1.82) is 0 Å². The molecule has 4 heteroatoms. The summed E-state index contributed by atoms with van der Waals surface area (Å²) < 4.78 is 25.3. The molecule has 2 unspecified atom stereocenters. The van der Waals surface area contributed by atoms with E-state index in [0.29, 0.717) is 11.5 Å². The van der Waals surface area contributed by atoms with Gasteiger partial charge in [-0.05, 0) is 44.0 Å². The van der Waals surface area contributed by atoms with E-state index >= 15 is 0 Å². The zero-order valence-electron chi connectivity index (χ0n) is 13.6. The van der Waals surface area contributed by atoms with Gasteiger partial charge in [-0.1, -0.05) is 31.6 Å². The Morgan fingerprint density at radius 3 is 2.35 bits per heavy atom. The Bertz CT molecular complexity index is 580. The molecule has 1 fully saturated rings. The van der Waals surface area contributed by atoms with Crippen molar-refractivity contribution >= 4 is 5.91 Å². The van der Waals surface area contributed by atoms with Crippen LogP contribution in [0.25, 0.3) is 0 Å². The monoisotopic (exact) mass is 319 g/mol. The highest BCUT2D eigenvalue weighted by molar-refractivity contribution is 5.94. The molecule has 1 aliphatic rings. The molecule has 0 spiro atoms. The van der Waals surface area contributed by atoms with Gasteiger partial charge in [0.25, 0.3) is 5.91 Å². The van der Waals surface area contributed by atoms with Gasteiger partial charge in [0.15, 0.2) is 0 Å². The van der Waals surface area contributed by atoms with Gasteiger partial charge >= 0.3 is 0 Å². The zero-order valence-corrected chi connectivity index (χ0v) is 13.6. The number of rotatable bonds is 4. The van der Waals surface area contributed by atoms with E-state index in [1.807, 2.05) is 0 Å². The van der Waals surface area contributed by atoms with Crippen LogP contribution in [0.15, 0.2) is 24.3 Å². The third-order valence-corrected chi connectivity index (χ3v) is 4.47. The van der Waals surface area contributed by atoms with Gasteiger partial charge in [-0.15, -0.1) is 0 Å². The number of nitrogens with one attached hydrogen (secondary N) is 1. The molecule has 1 saturated carbocycles. The molecule has 1 N–H and O–H groups in total. The maximum Gasteiger partial charge on any atom is 0.251 e. The first kappa shape index (κ1) is 17.5. The molecule has 1 aromatic carbocycles. The molecule has 0 aromatic heterocycles. The fraction of sp³-hybridized carbons (Fsp3) is 0.526. The number of halogens is 2. The van der Waals surface area contributed by atoms with Crippen LogP contribution < -0.4 is 5.32 Å². The second kappa shape index (κ2) is 8.10. The predicted molar refractivity (Wildman–Crippen MR) is 87.4 cm³/mol. The highest BCUT2D eigenvalue weighted by Gasteiger charge is 2.23. The van der Waals surface area contributed by atoms with Crippen LogP contribution in [-0.2, 0) is 0 Å². The van der Waals surface area contributed by atoms with Gasteiger partial charge in [-0.3, -0.25) is 4.79 Å². The maximum absolute atomic E-state index is 12.6. The second-order valence-electron chi connectivity index (χ2n) is 6.28. The molecular formula is C19H23F2NO. The lowest BCUT2D eigenvalue weighted by molar-refractivity contribution is 0.0636. The first-order valence-electron chi connectivity index (χ1n) is 8.18. The lowest BCUT2D eigenvalue weighted by Crippen LogP contribution is -2.39. The fourth-order valence-corrected chi connectivity index (χ4v) is 2.60. The molecule has 0 bridgehead atoms. The summed E-state index contributed by atoms with van der Waals surface area (Å²) in [5, 5.41) is 2.62. The predicted octanol–water partition coefficient (Wildman–Crippen LogP) is 4.25. The Hall–Kier alpha value is -1.89. The van der Waals surface area contributed by atoms with Crippen molar-refractivity contribution in [3.8, 4) is 11.8 Å². The lowest BCUT2D eigenvalue weighted by atomic mass is 10.0. The van der Waals surface area contributed by atoms with E-state index in [1.165, 1.54) is 32.6 Å². The van der Waals surface area contributed by atoms with Crippen LogP contribution in [0.5, 0.6) is 0 Å². The summed E-state index contributed by atoms with van der Waals surface area (Å²) >= 11 is 0. The minimum absolute atomic E-state index is 0.333. The van der Waals surface area contributed by atoms with E-state index in [1.54, 1.807) is 31.2 Å². The van der Waals surface area contributed by atoms with Crippen LogP contribution in [0.3, 0.4) is 0 Å². The molecule has 1 amide bonds. The van der Waals surface area contributed by atoms with Crippen molar-refractivity contribution in [2.45, 2.75) is 52.0 Å². The first-order chi connectivity index (χ1) is 11.0. The molecule has 1 aliphatic carbocycles. The summed E-state index contributed by atoms with van der Waals surface area (Å²) in [5.41, 5.74) is 1.34. The summed E-state index contributed by atoms with van der Waals surface area (Å²) in [7, 11) is 0. The van der Waals surface area contributed by atoms with E-state index in [2.05, 4.69) is 17.2 Å². The van der Waals surface area contributed by atoms with E-state index in [-0.39, 0.29) is 5.91 Å². The van der Waals surface area contributed by atoms with Crippen LogP contribution in [0.4, 0.5) is 8.78 Å². The van der Waals surface area contributed by atoms with Crippen molar-refractivity contribution in [3.63, 3.8) is 0 Å². The highest BCUT2D eigenvalue weighted by atomic mass is 19.3. The number of amides is 1. The lowest BCUT2D eigenvalue weighted by Gasteiger charge is -2.20. The first-order valence-corrected chi connectivity index (χ1v) is 8.18. The van der Waals surface area contributed by atoms with Crippen molar-refractivity contribution < 1.29 is 13.6 Å². The second-order valence-corrected chi connectivity index (χ2v) is 6.28. The van der Waals surface area contributed by atoms with Gasteiger partial charge < -0.3 is 5.32 Å².